The first-order valence-electron chi connectivity index (χ1n) is 35.3. The smallest absolute Gasteiger partial charge is 0.306 e. The molecule has 0 heterocycles. The zero-order valence-electron chi connectivity index (χ0n) is 53.6. The molecular weight excluding hydrogens is 985 g/mol. The maximum Gasteiger partial charge on any atom is 0.306 e. The molecule has 0 saturated heterocycles. The van der Waals surface area contributed by atoms with Crippen molar-refractivity contribution in [3.63, 3.8) is 0 Å². The van der Waals surface area contributed by atoms with Gasteiger partial charge in [0.25, 0.3) is 0 Å². The molecule has 0 fully saturated rings. The van der Waals surface area contributed by atoms with Gasteiger partial charge in [0.15, 0.2) is 6.10 Å². The number of unbranched alkanes of at least 4 members (excludes halogenated alkanes) is 44. The molecule has 0 radical (unpaired) electrons. The molecule has 6 heteroatoms. The van der Waals surface area contributed by atoms with Crippen molar-refractivity contribution in [1.82, 2.24) is 0 Å². The SMILES string of the molecule is CC/C=C\C/C=C\C/C=C\C/C=C\C/C=C\CCCCCCCCCCCCCCCCCC(=O)OCC(COC(=O)CCCCCCCC)OC(=O)CCCCCCCCCCCCCCCCCCCCCCCCCCC. The molecule has 80 heavy (non-hydrogen) atoms. The maximum atomic E-state index is 12.9. The third-order valence-corrected chi connectivity index (χ3v) is 15.8. The van der Waals surface area contributed by atoms with Crippen molar-refractivity contribution >= 4 is 17.9 Å². The first-order valence-corrected chi connectivity index (χ1v) is 35.3. The van der Waals surface area contributed by atoms with Crippen LogP contribution in [0.25, 0.3) is 0 Å². The highest BCUT2D eigenvalue weighted by molar-refractivity contribution is 5.71. The van der Waals surface area contributed by atoms with E-state index in [0.29, 0.717) is 19.3 Å². The van der Waals surface area contributed by atoms with Gasteiger partial charge in [-0.25, -0.2) is 0 Å². The molecule has 0 spiro atoms. The summed E-state index contributed by atoms with van der Waals surface area (Å²) >= 11 is 0. The second kappa shape index (κ2) is 68.6. The molecule has 0 aromatic rings. The number of hydrogen-bond donors (Lipinski definition) is 0. The number of hydrogen-bond acceptors (Lipinski definition) is 6. The lowest BCUT2D eigenvalue weighted by atomic mass is 10.0. The Morgan fingerprint density at radius 3 is 0.762 bits per heavy atom. The van der Waals surface area contributed by atoms with Gasteiger partial charge < -0.3 is 14.2 Å². The van der Waals surface area contributed by atoms with Crippen molar-refractivity contribution in [3.05, 3.63) is 60.8 Å². The van der Waals surface area contributed by atoms with Gasteiger partial charge in [-0.05, 0) is 64.2 Å². The average Bonchev–Trinajstić information content (AvgIpc) is 3.46. The number of allylic oxidation sites excluding steroid dienone is 10. The van der Waals surface area contributed by atoms with E-state index in [9.17, 15) is 14.4 Å². The van der Waals surface area contributed by atoms with Gasteiger partial charge in [-0.1, -0.05) is 351 Å². The second-order valence-corrected chi connectivity index (χ2v) is 23.8. The second-order valence-electron chi connectivity index (χ2n) is 23.8. The molecule has 0 aliphatic heterocycles. The summed E-state index contributed by atoms with van der Waals surface area (Å²) in [5, 5.41) is 0. The van der Waals surface area contributed by atoms with Crippen molar-refractivity contribution in [2.45, 2.75) is 380 Å². The minimum atomic E-state index is -0.768. The van der Waals surface area contributed by atoms with E-state index in [-0.39, 0.29) is 31.1 Å². The Hall–Kier alpha value is -2.89. The highest BCUT2D eigenvalue weighted by Crippen LogP contribution is 2.18. The van der Waals surface area contributed by atoms with Gasteiger partial charge in [0.05, 0.1) is 0 Å². The fraction of sp³-hybridized carbons (Fsp3) is 0.824. The van der Waals surface area contributed by atoms with Gasteiger partial charge in [0.1, 0.15) is 13.2 Å². The minimum Gasteiger partial charge on any atom is -0.462 e. The van der Waals surface area contributed by atoms with Crippen molar-refractivity contribution in [1.29, 1.82) is 0 Å². The largest absolute Gasteiger partial charge is 0.462 e. The Bertz CT molecular complexity index is 1430. The molecule has 0 aliphatic rings. The van der Waals surface area contributed by atoms with Gasteiger partial charge in [-0.15, -0.1) is 0 Å². The summed E-state index contributed by atoms with van der Waals surface area (Å²) in [6, 6.07) is 0. The van der Waals surface area contributed by atoms with Crippen molar-refractivity contribution < 1.29 is 28.6 Å². The number of carbonyl (C=O) groups excluding carboxylic acids is 3. The summed E-state index contributed by atoms with van der Waals surface area (Å²) in [6.07, 6.45) is 88.7. The lowest BCUT2D eigenvalue weighted by Crippen LogP contribution is -2.30. The number of ether oxygens (including phenoxy) is 3. The van der Waals surface area contributed by atoms with E-state index in [0.717, 1.165) is 89.9 Å². The van der Waals surface area contributed by atoms with Gasteiger partial charge in [0, 0.05) is 19.3 Å². The molecule has 466 valence electrons. The third kappa shape index (κ3) is 65.9. The molecule has 0 saturated carbocycles. The first-order chi connectivity index (χ1) is 39.5. The van der Waals surface area contributed by atoms with Gasteiger partial charge in [-0.2, -0.15) is 0 Å². The van der Waals surface area contributed by atoms with Gasteiger partial charge >= 0.3 is 17.9 Å². The van der Waals surface area contributed by atoms with Crippen molar-refractivity contribution in [2.75, 3.05) is 13.2 Å². The lowest BCUT2D eigenvalue weighted by Gasteiger charge is -2.18. The zero-order valence-corrected chi connectivity index (χ0v) is 53.6. The van der Waals surface area contributed by atoms with Crippen LogP contribution in [0.4, 0.5) is 0 Å². The summed E-state index contributed by atoms with van der Waals surface area (Å²) in [5.41, 5.74) is 0. The van der Waals surface area contributed by atoms with Crippen LogP contribution in [0.1, 0.15) is 374 Å². The summed E-state index contributed by atoms with van der Waals surface area (Å²) in [6.45, 7) is 6.53. The predicted octanol–water partition coefficient (Wildman–Crippen LogP) is 24.3. The Morgan fingerprint density at radius 2 is 0.487 bits per heavy atom. The molecule has 1 atom stereocenters. The minimum absolute atomic E-state index is 0.0687. The lowest BCUT2D eigenvalue weighted by molar-refractivity contribution is -0.167. The molecular formula is C74H134O6. The molecule has 0 bridgehead atoms. The quantitative estimate of drug-likeness (QED) is 0.0261. The fourth-order valence-corrected chi connectivity index (χ4v) is 10.5. The summed E-state index contributed by atoms with van der Waals surface area (Å²) < 4.78 is 16.9. The molecule has 0 amide bonds. The van der Waals surface area contributed by atoms with E-state index in [1.54, 1.807) is 0 Å². The van der Waals surface area contributed by atoms with E-state index in [1.165, 1.54) is 244 Å². The molecule has 0 aliphatic carbocycles. The maximum absolute atomic E-state index is 12.9. The third-order valence-electron chi connectivity index (χ3n) is 15.8. The molecule has 0 aromatic heterocycles. The highest BCUT2D eigenvalue weighted by Gasteiger charge is 2.19. The molecule has 0 rings (SSSR count). The molecule has 0 N–H and O–H groups in total. The molecule has 1 unspecified atom stereocenters. The van der Waals surface area contributed by atoms with E-state index in [4.69, 9.17) is 14.2 Å². The number of carbonyl (C=O) groups is 3. The summed E-state index contributed by atoms with van der Waals surface area (Å²) in [4.78, 5) is 38.1. The van der Waals surface area contributed by atoms with Crippen LogP contribution in [0.2, 0.25) is 0 Å². The number of esters is 3. The highest BCUT2D eigenvalue weighted by atomic mass is 16.6. The van der Waals surface area contributed by atoms with Crippen molar-refractivity contribution in [2.24, 2.45) is 0 Å². The summed E-state index contributed by atoms with van der Waals surface area (Å²) in [7, 11) is 0. The first kappa shape index (κ1) is 77.1. The van der Waals surface area contributed by atoms with Gasteiger partial charge in [-0.3, -0.25) is 14.4 Å². The van der Waals surface area contributed by atoms with Crippen LogP contribution in [0.5, 0.6) is 0 Å². The van der Waals surface area contributed by atoms with E-state index >= 15 is 0 Å². The van der Waals surface area contributed by atoms with Crippen molar-refractivity contribution in [3.8, 4) is 0 Å². The van der Waals surface area contributed by atoms with Crippen LogP contribution >= 0.6 is 0 Å². The van der Waals surface area contributed by atoms with E-state index in [2.05, 4.69) is 81.5 Å². The van der Waals surface area contributed by atoms with Crippen LogP contribution in [-0.2, 0) is 28.6 Å². The standard InChI is InChI=1S/C74H134O6/c1-4-7-10-13-16-18-20-22-24-26-28-30-32-34-35-36-37-38-39-41-42-44-46-48-50-52-54-56-58-61-64-67-73(76)79-70-71(69-78-72(75)66-63-60-15-12-9-6-3)80-74(77)68-65-62-59-57-55-53-51-49-47-45-43-40-33-31-29-27-25-23-21-19-17-14-11-8-5-2/h7,10,16,18,22,24,28,30,34-35,71H,4-6,8-9,11-15,17,19-21,23,25-27,29,31-33,36-70H2,1-3H3/b10-7-,18-16-,24-22-,30-28-,35-34-. The molecule has 0 aromatic carbocycles. The van der Waals surface area contributed by atoms with Crippen LogP contribution in [0, 0.1) is 0 Å². The van der Waals surface area contributed by atoms with E-state index in [1.807, 2.05) is 0 Å². The normalized spacial score (nSPS) is 12.4. The topological polar surface area (TPSA) is 78.9 Å². The Morgan fingerprint density at radius 1 is 0.263 bits per heavy atom. The summed E-state index contributed by atoms with van der Waals surface area (Å²) in [5.74, 6) is -0.855. The Labute approximate surface area is 498 Å². The van der Waals surface area contributed by atoms with Crippen LogP contribution < -0.4 is 0 Å². The monoisotopic (exact) mass is 1120 g/mol. The van der Waals surface area contributed by atoms with Crippen LogP contribution in [0.15, 0.2) is 60.8 Å². The van der Waals surface area contributed by atoms with E-state index < -0.39 is 6.10 Å². The van der Waals surface area contributed by atoms with Gasteiger partial charge in [0.2, 0.25) is 0 Å². The molecule has 6 nitrogen and oxygen atoms in total. The fourth-order valence-electron chi connectivity index (χ4n) is 10.5. The Balaban J connectivity index is 3.98. The van der Waals surface area contributed by atoms with Crippen LogP contribution in [0.3, 0.4) is 0 Å². The Kier molecular flexibility index (Phi) is 66.1. The van der Waals surface area contributed by atoms with Crippen LogP contribution in [-0.4, -0.2) is 37.2 Å². The average molecular weight is 1120 g/mol. The predicted molar refractivity (Wildman–Crippen MR) is 348 cm³/mol. The number of rotatable bonds is 65. The zero-order chi connectivity index (χ0) is 57.8.